The Kier molecular flexibility index (Phi) is 7.55. The van der Waals surface area contributed by atoms with Crippen LogP contribution in [0.3, 0.4) is 0 Å². The predicted molar refractivity (Wildman–Crippen MR) is 123 cm³/mol. The summed E-state index contributed by atoms with van der Waals surface area (Å²) in [7, 11) is 1.61. The van der Waals surface area contributed by atoms with E-state index in [1.54, 1.807) is 24.2 Å². The molecule has 2 aromatic rings. The molecule has 0 aliphatic carbocycles. The zero-order valence-electron chi connectivity index (χ0n) is 16.6. The zero-order chi connectivity index (χ0) is 21.5. The second-order valence-corrected chi connectivity index (χ2v) is 8.21. The third kappa shape index (κ3) is 5.23. The number of amidine groups is 1. The molecule has 1 amide bonds. The number of thioether (sulfide) groups is 1. The van der Waals surface area contributed by atoms with Crippen molar-refractivity contribution in [2.75, 3.05) is 20.3 Å². The fourth-order valence-corrected chi connectivity index (χ4v) is 4.19. The second-order valence-electron chi connectivity index (χ2n) is 6.29. The highest BCUT2D eigenvalue weighted by molar-refractivity contribution is 9.10. The Bertz CT molecular complexity index is 1030. The number of nitriles is 1. The van der Waals surface area contributed by atoms with Gasteiger partial charge in [-0.2, -0.15) is 5.26 Å². The summed E-state index contributed by atoms with van der Waals surface area (Å²) in [4.78, 5) is 20.0. The monoisotopic (exact) mass is 485 g/mol. The molecule has 0 spiro atoms. The van der Waals surface area contributed by atoms with E-state index in [1.165, 1.54) is 11.8 Å². The van der Waals surface area contributed by atoms with E-state index in [2.05, 4.69) is 20.9 Å². The van der Waals surface area contributed by atoms with Gasteiger partial charge in [-0.15, -0.1) is 0 Å². The smallest absolute Gasteiger partial charge is 0.266 e. The fraction of sp³-hybridized carbons (Fsp3) is 0.227. The molecular formula is C22H20BrN3O3S. The first kappa shape index (κ1) is 21.9. The van der Waals surface area contributed by atoms with E-state index < -0.39 is 0 Å². The number of halogens is 1. The maximum atomic E-state index is 13.0. The van der Waals surface area contributed by atoms with Gasteiger partial charge in [-0.25, -0.2) is 4.99 Å². The maximum Gasteiger partial charge on any atom is 0.266 e. The van der Waals surface area contributed by atoms with Crippen molar-refractivity contribution in [3.8, 4) is 17.6 Å². The number of methoxy groups -OCH3 is 1. The molecule has 0 radical (unpaired) electrons. The molecule has 8 heteroatoms. The van der Waals surface area contributed by atoms with Crippen LogP contribution >= 0.6 is 27.7 Å². The van der Waals surface area contributed by atoms with Crippen molar-refractivity contribution in [3.05, 3.63) is 57.4 Å². The van der Waals surface area contributed by atoms with Gasteiger partial charge in [0.05, 0.1) is 17.7 Å². The van der Waals surface area contributed by atoms with Gasteiger partial charge in [0, 0.05) is 16.6 Å². The van der Waals surface area contributed by atoms with Crippen molar-refractivity contribution in [3.63, 3.8) is 0 Å². The first-order valence-corrected chi connectivity index (χ1v) is 10.9. The quantitative estimate of drug-likeness (QED) is 0.492. The van der Waals surface area contributed by atoms with Gasteiger partial charge >= 0.3 is 0 Å². The number of hydrogen-bond acceptors (Lipinski definition) is 6. The lowest BCUT2D eigenvalue weighted by Gasteiger charge is -2.14. The Labute approximate surface area is 188 Å². The predicted octanol–water partition coefficient (Wildman–Crippen LogP) is 5.37. The molecule has 1 fully saturated rings. The van der Waals surface area contributed by atoms with E-state index in [-0.39, 0.29) is 12.5 Å². The second kappa shape index (κ2) is 10.3. The van der Waals surface area contributed by atoms with Crippen LogP contribution in [-0.4, -0.2) is 36.2 Å². The van der Waals surface area contributed by atoms with E-state index in [1.807, 2.05) is 49.4 Å². The average molecular weight is 486 g/mol. The molecule has 30 heavy (non-hydrogen) atoms. The average Bonchev–Trinajstić information content (AvgIpc) is 3.03. The van der Waals surface area contributed by atoms with Crippen molar-refractivity contribution in [2.45, 2.75) is 13.3 Å². The van der Waals surface area contributed by atoms with Crippen LogP contribution in [0.5, 0.6) is 11.5 Å². The highest BCUT2D eigenvalue weighted by atomic mass is 79.9. The summed E-state index contributed by atoms with van der Waals surface area (Å²) < 4.78 is 11.5. The lowest BCUT2D eigenvalue weighted by Crippen LogP contribution is -2.29. The highest BCUT2D eigenvalue weighted by Crippen LogP contribution is 2.36. The fourth-order valence-electron chi connectivity index (χ4n) is 2.79. The molecule has 0 unspecified atom stereocenters. The van der Waals surface area contributed by atoms with Crippen molar-refractivity contribution < 1.29 is 14.3 Å². The molecule has 0 bridgehead atoms. The molecule has 1 saturated heterocycles. The largest absolute Gasteiger partial charge is 0.497 e. The molecule has 0 atom stereocenters. The van der Waals surface area contributed by atoms with Crippen molar-refractivity contribution in [2.24, 2.45) is 4.99 Å². The van der Waals surface area contributed by atoms with Gasteiger partial charge < -0.3 is 9.47 Å². The van der Waals surface area contributed by atoms with E-state index in [0.717, 1.165) is 27.9 Å². The minimum atomic E-state index is -0.0969. The van der Waals surface area contributed by atoms with Gasteiger partial charge in [0.1, 0.15) is 17.6 Å². The molecule has 1 aliphatic heterocycles. The van der Waals surface area contributed by atoms with E-state index in [9.17, 15) is 4.79 Å². The van der Waals surface area contributed by atoms with Crippen LogP contribution < -0.4 is 9.47 Å². The SMILES string of the molecule is CCCN1C(=O)/C(=C/c2cc(Br)ccc2OCC#N)SC1=Nc1ccc(OC)cc1. The number of amides is 1. The van der Waals surface area contributed by atoms with Crippen molar-refractivity contribution >= 4 is 50.5 Å². The van der Waals surface area contributed by atoms with Gasteiger partial charge in [0.15, 0.2) is 11.8 Å². The molecule has 3 rings (SSSR count). The summed E-state index contributed by atoms with van der Waals surface area (Å²) in [5.74, 6) is 1.20. The lowest BCUT2D eigenvalue weighted by molar-refractivity contribution is -0.122. The van der Waals surface area contributed by atoms with Crippen LogP contribution in [0.2, 0.25) is 0 Å². The summed E-state index contributed by atoms with van der Waals surface area (Å²) in [5, 5.41) is 9.44. The molecule has 0 N–H and O–H groups in total. The van der Waals surface area contributed by atoms with E-state index >= 15 is 0 Å². The van der Waals surface area contributed by atoms with E-state index in [4.69, 9.17) is 14.7 Å². The maximum absolute atomic E-state index is 13.0. The first-order chi connectivity index (χ1) is 14.5. The normalized spacial score (nSPS) is 16.2. The molecular weight excluding hydrogens is 466 g/mol. The summed E-state index contributed by atoms with van der Waals surface area (Å²) in [5.41, 5.74) is 1.46. The van der Waals surface area contributed by atoms with Gasteiger partial charge in [-0.05, 0) is 66.7 Å². The standard InChI is InChI=1S/C22H20BrN3O3S/c1-3-11-26-21(27)20(14-15-13-16(23)4-9-19(15)29-12-10-24)30-22(26)25-17-5-7-18(28-2)8-6-17/h4-9,13-14H,3,11-12H2,1-2H3/b20-14-,25-22?. The summed E-state index contributed by atoms with van der Waals surface area (Å²) in [6.45, 7) is 2.53. The van der Waals surface area contributed by atoms with Crippen molar-refractivity contribution in [1.82, 2.24) is 4.90 Å². The molecule has 6 nitrogen and oxygen atoms in total. The first-order valence-electron chi connectivity index (χ1n) is 9.29. The third-order valence-corrected chi connectivity index (χ3v) is 5.68. The van der Waals surface area contributed by atoms with Crippen LogP contribution in [0.1, 0.15) is 18.9 Å². The Morgan fingerprint density at radius 1 is 1.27 bits per heavy atom. The van der Waals surface area contributed by atoms with Crippen LogP contribution in [0.4, 0.5) is 5.69 Å². The Morgan fingerprint density at radius 3 is 2.70 bits per heavy atom. The van der Waals surface area contributed by atoms with Gasteiger partial charge in [-0.3, -0.25) is 9.69 Å². The molecule has 154 valence electrons. The molecule has 0 aromatic heterocycles. The molecule has 0 saturated carbocycles. The molecule has 2 aromatic carbocycles. The zero-order valence-corrected chi connectivity index (χ0v) is 19.0. The number of nitrogens with zero attached hydrogens (tertiary/aromatic N) is 3. The number of hydrogen-bond donors (Lipinski definition) is 0. The number of benzene rings is 2. The third-order valence-electron chi connectivity index (χ3n) is 4.18. The number of aliphatic imine (C=N–C) groups is 1. The molecule has 1 aliphatic rings. The topological polar surface area (TPSA) is 74.9 Å². The number of ether oxygens (including phenoxy) is 2. The summed E-state index contributed by atoms with van der Waals surface area (Å²) in [6, 6.07) is 14.8. The minimum Gasteiger partial charge on any atom is -0.497 e. The van der Waals surface area contributed by atoms with Crippen LogP contribution in [0.15, 0.2) is 56.8 Å². The van der Waals surface area contributed by atoms with Crippen LogP contribution in [0.25, 0.3) is 6.08 Å². The minimum absolute atomic E-state index is 0.0645. The van der Waals surface area contributed by atoms with Crippen LogP contribution in [-0.2, 0) is 4.79 Å². The van der Waals surface area contributed by atoms with E-state index in [0.29, 0.717) is 22.4 Å². The van der Waals surface area contributed by atoms with Crippen LogP contribution in [0, 0.1) is 11.3 Å². The van der Waals surface area contributed by atoms with Gasteiger partial charge in [0.2, 0.25) is 0 Å². The van der Waals surface area contributed by atoms with Gasteiger partial charge in [-0.1, -0.05) is 22.9 Å². The Morgan fingerprint density at radius 2 is 2.03 bits per heavy atom. The number of carbonyl (C=O) groups is 1. The lowest BCUT2D eigenvalue weighted by atomic mass is 10.2. The van der Waals surface area contributed by atoms with Crippen molar-refractivity contribution in [1.29, 1.82) is 5.26 Å². The number of rotatable bonds is 7. The summed E-state index contributed by atoms with van der Waals surface area (Å²) in [6.07, 6.45) is 2.60. The Hall–Kier alpha value is -2.76. The highest BCUT2D eigenvalue weighted by Gasteiger charge is 2.33. The molecule has 1 heterocycles. The van der Waals surface area contributed by atoms with Gasteiger partial charge in [0.25, 0.3) is 5.91 Å². The summed E-state index contributed by atoms with van der Waals surface area (Å²) >= 11 is 4.77. The number of carbonyl (C=O) groups excluding carboxylic acids is 1. The Balaban J connectivity index is 1.95.